The minimum absolute atomic E-state index is 1.32. The van der Waals surface area contributed by atoms with Crippen molar-refractivity contribution in [2.45, 2.75) is 6.92 Å². The first kappa shape index (κ1) is 9.76. The van der Waals surface area contributed by atoms with Gasteiger partial charge in [-0.3, -0.25) is 0 Å². The second-order valence-corrected chi connectivity index (χ2v) is 2.30. The van der Waals surface area contributed by atoms with Crippen molar-refractivity contribution in [1.29, 1.82) is 0 Å². The fourth-order valence-electron chi connectivity index (χ4n) is 0.534. The Hall–Kier alpha value is -0.240. The van der Waals surface area contributed by atoms with Gasteiger partial charge < -0.3 is 0 Å². The SMILES string of the molecule is Cc1ccccc1.ClNCl. The van der Waals surface area contributed by atoms with Crippen molar-refractivity contribution in [2.75, 3.05) is 0 Å². The van der Waals surface area contributed by atoms with Crippen molar-refractivity contribution in [3.05, 3.63) is 35.9 Å². The van der Waals surface area contributed by atoms with Crippen molar-refractivity contribution in [2.24, 2.45) is 0 Å². The highest BCUT2D eigenvalue weighted by Gasteiger charge is 1.72. The minimum atomic E-state index is 1.32. The molecule has 3 heteroatoms. The van der Waals surface area contributed by atoms with Gasteiger partial charge in [-0.15, -0.1) is 4.35 Å². The third-order valence-electron chi connectivity index (χ3n) is 0.940. The molecule has 0 aliphatic carbocycles. The molecule has 0 aliphatic rings. The van der Waals surface area contributed by atoms with Crippen molar-refractivity contribution in [1.82, 2.24) is 4.35 Å². The molecular weight excluding hydrogens is 169 g/mol. The first-order valence-electron chi connectivity index (χ1n) is 2.79. The third-order valence-corrected chi connectivity index (χ3v) is 0.940. The first-order valence-corrected chi connectivity index (χ1v) is 3.54. The maximum Gasteiger partial charge on any atom is -0.00838 e. The van der Waals surface area contributed by atoms with Crippen LogP contribution < -0.4 is 4.35 Å². The molecule has 1 rings (SSSR count). The molecule has 10 heavy (non-hydrogen) atoms. The molecule has 0 bridgehead atoms. The number of nitrogens with one attached hydrogen (secondary N) is 1. The Labute approximate surface area is 71.2 Å². The number of rotatable bonds is 0. The van der Waals surface area contributed by atoms with E-state index in [0.29, 0.717) is 0 Å². The van der Waals surface area contributed by atoms with E-state index in [-0.39, 0.29) is 0 Å². The molecule has 0 heterocycles. The van der Waals surface area contributed by atoms with Crippen molar-refractivity contribution in [3.63, 3.8) is 0 Å². The minimum Gasteiger partial charge on any atom is -0.145 e. The average molecular weight is 178 g/mol. The molecule has 1 aromatic rings. The Kier molecular flexibility index (Phi) is 6.71. The van der Waals surface area contributed by atoms with E-state index < -0.39 is 0 Å². The van der Waals surface area contributed by atoms with Gasteiger partial charge in [0.1, 0.15) is 0 Å². The van der Waals surface area contributed by atoms with Crippen LogP contribution in [0.3, 0.4) is 0 Å². The summed E-state index contributed by atoms with van der Waals surface area (Å²) in [5, 5.41) is 0. The van der Waals surface area contributed by atoms with E-state index in [2.05, 4.69) is 42.6 Å². The molecule has 0 atom stereocenters. The predicted molar refractivity (Wildman–Crippen MR) is 46.0 cm³/mol. The number of aryl methyl sites for hydroxylation is 1. The van der Waals surface area contributed by atoms with Crippen LogP contribution in [0, 0.1) is 6.92 Å². The molecule has 1 aromatic carbocycles. The topological polar surface area (TPSA) is 12.0 Å². The molecule has 0 aromatic heterocycles. The van der Waals surface area contributed by atoms with E-state index in [1.54, 1.807) is 4.35 Å². The molecular formula is C7H9Cl2N. The smallest absolute Gasteiger partial charge is 0.00838 e. The molecule has 1 N–H and O–H groups in total. The Balaban J connectivity index is 0.000000236. The summed E-state index contributed by atoms with van der Waals surface area (Å²) < 4.78 is 1.69. The third kappa shape index (κ3) is 5.89. The number of hydrogen-bond donors (Lipinski definition) is 1. The summed E-state index contributed by atoms with van der Waals surface area (Å²) in [7, 11) is 0. The Morgan fingerprint density at radius 2 is 1.50 bits per heavy atom. The van der Waals surface area contributed by atoms with E-state index in [1.165, 1.54) is 5.56 Å². The Morgan fingerprint density at radius 1 is 1.10 bits per heavy atom. The lowest BCUT2D eigenvalue weighted by atomic mass is 10.2. The second-order valence-electron chi connectivity index (χ2n) is 1.73. The lowest BCUT2D eigenvalue weighted by Gasteiger charge is -1.82. The van der Waals surface area contributed by atoms with Gasteiger partial charge in [-0.05, 0) is 30.5 Å². The molecule has 0 saturated carbocycles. The highest BCUT2D eigenvalue weighted by atomic mass is 35.5. The summed E-state index contributed by atoms with van der Waals surface area (Å²) in [6, 6.07) is 10.3. The van der Waals surface area contributed by atoms with Gasteiger partial charge in [0.2, 0.25) is 0 Å². The molecule has 0 amide bonds. The van der Waals surface area contributed by atoms with Crippen LogP contribution >= 0.6 is 23.6 Å². The summed E-state index contributed by atoms with van der Waals surface area (Å²) in [6.07, 6.45) is 0. The zero-order chi connectivity index (χ0) is 7.82. The molecule has 0 aliphatic heterocycles. The van der Waals surface area contributed by atoms with Gasteiger partial charge in [0.15, 0.2) is 0 Å². The van der Waals surface area contributed by atoms with E-state index in [0.717, 1.165) is 0 Å². The molecule has 1 nitrogen and oxygen atoms in total. The standard InChI is InChI=1S/C7H8.Cl2HN/c1-7-5-3-2-4-6-7;1-3-2/h2-6H,1H3;3H. The summed E-state index contributed by atoms with van der Waals surface area (Å²) in [4.78, 5) is 0. The summed E-state index contributed by atoms with van der Waals surface area (Å²) in [5.41, 5.74) is 1.32. The monoisotopic (exact) mass is 177 g/mol. The maximum atomic E-state index is 4.51. The molecule has 0 unspecified atom stereocenters. The van der Waals surface area contributed by atoms with Crippen LogP contribution in [0.15, 0.2) is 30.3 Å². The van der Waals surface area contributed by atoms with Gasteiger partial charge in [-0.2, -0.15) is 0 Å². The number of hydrogen-bond acceptors (Lipinski definition) is 1. The average Bonchev–Trinajstić information content (AvgIpc) is 1.91. The highest BCUT2D eigenvalue weighted by molar-refractivity contribution is 6.33. The van der Waals surface area contributed by atoms with E-state index in [1.807, 2.05) is 18.2 Å². The predicted octanol–water partition coefficient (Wildman–Crippen LogP) is 2.88. The lowest BCUT2D eigenvalue weighted by Crippen LogP contribution is -1.62. The van der Waals surface area contributed by atoms with E-state index >= 15 is 0 Å². The molecule has 0 fully saturated rings. The van der Waals surface area contributed by atoms with Crippen molar-refractivity contribution >= 4 is 23.6 Å². The van der Waals surface area contributed by atoms with E-state index in [9.17, 15) is 0 Å². The summed E-state index contributed by atoms with van der Waals surface area (Å²) in [5.74, 6) is 0. The largest absolute Gasteiger partial charge is 0.145 e. The zero-order valence-corrected chi connectivity index (χ0v) is 7.15. The molecule has 0 saturated heterocycles. The lowest BCUT2D eigenvalue weighted by molar-refractivity contribution is 1.48. The quantitative estimate of drug-likeness (QED) is 0.602. The van der Waals surface area contributed by atoms with Crippen LogP contribution in [-0.4, -0.2) is 0 Å². The fourth-order valence-corrected chi connectivity index (χ4v) is 0.534. The van der Waals surface area contributed by atoms with Gasteiger partial charge >= 0.3 is 0 Å². The summed E-state index contributed by atoms with van der Waals surface area (Å²) >= 11 is 9.03. The number of halogens is 2. The first-order chi connectivity index (χ1) is 4.81. The van der Waals surface area contributed by atoms with Crippen LogP contribution in [0.4, 0.5) is 0 Å². The van der Waals surface area contributed by atoms with Crippen molar-refractivity contribution in [3.8, 4) is 0 Å². The Bertz CT molecular complexity index is 153. The normalized spacial score (nSPS) is 7.90. The molecule has 56 valence electrons. The van der Waals surface area contributed by atoms with Gasteiger partial charge in [0.25, 0.3) is 0 Å². The zero-order valence-electron chi connectivity index (χ0n) is 5.64. The maximum absolute atomic E-state index is 4.51. The van der Waals surface area contributed by atoms with Crippen LogP contribution in [-0.2, 0) is 0 Å². The summed E-state index contributed by atoms with van der Waals surface area (Å²) in [6.45, 7) is 2.08. The van der Waals surface area contributed by atoms with Gasteiger partial charge in [-0.1, -0.05) is 35.9 Å². The molecule has 0 spiro atoms. The van der Waals surface area contributed by atoms with Gasteiger partial charge in [-0.25, -0.2) is 0 Å². The second kappa shape index (κ2) is 6.87. The van der Waals surface area contributed by atoms with Crippen LogP contribution in [0.5, 0.6) is 0 Å². The Morgan fingerprint density at radius 3 is 1.70 bits per heavy atom. The van der Waals surface area contributed by atoms with Crippen LogP contribution in [0.2, 0.25) is 0 Å². The molecule has 0 radical (unpaired) electrons. The fraction of sp³-hybridized carbons (Fsp3) is 0.143. The van der Waals surface area contributed by atoms with E-state index in [4.69, 9.17) is 0 Å². The van der Waals surface area contributed by atoms with Crippen molar-refractivity contribution < 1.29 is 0 Å². The highest BCUT2D eigenvalue weighted by Crippen LogP contribution is 1.92. The van der Waals surface area contributed by atoms with Crippen LogP contribution in [0.25, 0.3) is 0 Å². The van der Waals surface area contributed by atoms with Gasteiger partial charge in [0, 0.05) is 0 Å². The van der Waals surface area contributed by atoms with Gasteiger partial charge in [0.05, 0.1) is 0 Å². The van der Waals surface area contributed by atoms with Crippen LogP contribution in [0.1, 0.15) is 5.56 Å². The number of benzene rings is 1.